The molecule has 0 atom stereocenters. The molecule has 0 saturated carbocycles. The van der Waals surface area contributed by atoms with E-state index >= 15 is 0 Å². The van der Waals surface area contributed by atoms with Crippen molar-refractivity contribution in [2.75, 3.05) is 31.6 Å². The average molecular weight is 424 g/mol. The molecule has 0 unspecified atom stereocenters. The van der Waals surface area contributed by atoms with Gasteiger partial charge in [-0.1, -0.05) is 49.2 Å². The number of hydrogen-bond donors (Lipinski definition) is 2. The molecule has 2 heterocycles. The fourth-order valence-electron chi connectivity index (χ4n) is 3.67. The van der Waals surface area contributed by atoms with E-state index in [1.54, 1.807) is 11.9 Å². The zero-order chi connectivity index (χ0) is 21.9. The largest absolute Gasteiger partial charge is 0.357 e. The summed E-state index contributed by atoms with van der Waals surface area (Å²) in [6.07, 6.45) is 7.11. The maximum atomic E-state index is 12.2. The molecule has 0 bridgehead atoms. The van der Waals surface area contributed by atoms with Crippen LogP contribution in [0.4, 0.5) is 10.6 Å². The first-order valence-electron chi connectivity index (χ1n) is 11.1. The van der Waals surface area contributed by atoms with Crippen LogP contribution in [0, 0.1) is 0 Å². The summed E-state index contributed by atoms with van der Waals surface area (Å²) in [4.78, 5) is 32.8. The average Bonchev–Trinajstić information content (AvgIpc) is 3.08. The lowest BCUT2D eigenvalue weighted by Gasteiger charge is -2.21. The molecule has 1 aliphatic rings. The van der Waals surface area contributed by atoms with Crippen molar-refractivity contribution in [1.29, 1.82) is 0 Å². The van der Waals surface area contributed by atoms with E-state index in [-0.39, 0.29) is 18.4 Å². The lowest BCUT2D eigenvalue weighted by Crippen LogP contribution is -2.37. The minimum Gasteiger partial charge on any atom is -0.357 e. The van der Waals surface area contributed by atoms with E-state index in [4.69, 9.17) is 0 Å². The molecule has 7 nitrogen and oxygen atoms in total. The summed E-state index contributed by atoms with van der Waals surface area (Å²) in [7, 11) is 1.78. The van der Waals surface area contributed by atoms with Crippen LogP contribution in [0.2, 0.25) is 0 Å². The second-order valence-electron chi connectivity index (χ2n) is 8.02. The number of carbonyl (C=O) groups is 2. The summed E-state index contributed by atoms with van der Waals surface area (Å²) in [5, 5.41) is 5.57. The highest BCUT2D eigenvalue weighted by Gasteiger charge is 2.12. The zero-order valence-corrected chi connectivity index (χ0v) is 18.3. The summed E-state index contributed by atoms with van der Waals surface area (Å²) in [5.74, 6) is 1.01. The van der Waals surface area contributed by atoms with Crippen LogP contribution in [0.1, 0.15) is 43.2 Å². The van der Waals surface area contributed by atoms with Crippen molar-refractivity contribution < 1.29 is 9.59 Å². The highest BCUT2D eigenvalue weighted by molar-refractivity contribution is 5.78. The first-order chi connectivity index (χ1) is 15.1. The molecule has 3 rings (SSSR count). The van der Waals surface area contributed by atoms with Gasteiger partial charge >= 0.3 is 6.03 Å². The lowest BCUT2D eigenvalue weighted by molar-refractivity contribution is -0.130. The standard InChI is InChI=1S/C24H33N5O2/c1-28(19-20-9-5-4-6-10-20)23(30)13-14-25-24(31)27-18-21-11-12-22(26-17-21)29-15-7-2-3-8-16-29/h4-6,9-12,17H,2-3,7-8,13-16,18-19H2,1H3,(H2,25,27,31). The van der Waals surface area contributed by atoms with Gasteiger partial charge < -0.3 is 20.4 Å². The summed E-state index contributed by atoms with van der Waals surface area (Å²) in [6, 6.07) is 13.6. The Balaban J connectivity index is 1.34. The van der Waals surface area contributed by atoms with Gasteiger partial charge in [0.05, 0.1) is 0 Å². The quantitative estimate of drug-likeness (QED) is 0.683. The highest BCUT2D eigenvalue weighted by atomic mass is 16.2. The molecule has 2 N–H and O–H groups in total. The minimum absolute atomic E-state index is 0.00236. The number of nitrogens with zero attached hydrogens (tertiary/aromatic N) is 3. The molecule has 1 aromatic carbocycles. The number of rotatable bonds is 8. The molecular weight excluding hydrogens is 390 g/mol. The van der Waals surface area contributed by atoms with Crippen molar-refractivity contribution >= 4 is 17.8 Å². The Morgan fingerprint density at radius 1 is 0.968 bits per heavy atom. The Kier molecular flexibility index (Phi) is 8.70. The van der Waals surface area contributed by atoms with Gasteiger partial charge in [0.15, 0.2) is 0 Å². The molecule has 1 saturated heterocycles. The Morgan fingerprint density at radius 2 is 1.71 bits per heavy atom. The van der Waals surface area contributed by atoms with Crippen LogP contribution in [0.15, 0.2) is 48.7 Å². The Labute approximate surface area is 184 Å². The number of anilines is 1. The molecule has 0 aliphatic carbocycles. The molecule has 2 aromatic rings. The van der Waals surface area contributed by atoms with E-state index in [1.165, 1.54) is 25.7 Å². The number of hydrogen-bond acceptors (Lipinski definition) is 4. The van der Waals surface area contributed by atoms with Crippen LogP contribution in [0.3, 0.4) is 0 Å². The van der Waals surface area contributed by atoms with Gasteiger partial charge in [0, 0.05) is 52.4 Å². The predicted octanol–water partition coefficient (Wildman–Crippen LogP) is 3.31. The van der Waals surface area contributed by atoms with Gasteiger partial charge in [0.1, 0.15) is 5.82 Å². The monoisotopic (exact) mass is 423 g/mol. The van der Waals surface area contributed by atoms with Crippen LogP contribution >= 0.6 is 0 Å². The molecule has 31 heavy (non-hydrogen) atoms. The van der Waals surface area contributed by atoms with Gasteiger partial charge in [-0.25, -0.2) is 9.78 Å². The van der Waals surface area contributed by atoms with E-state index in [1.807, 2.05) is 48.7 Å². The second kappa shape index (κ2) is 11.9. The molecule has 166 valence electrons. The normalized spacial score (nSPS) is 13.9. The number of pyridine rings is 1. The Morgan fingerprint density at radius 3 is 2.39 bits per heavy atom. The summed E-state index contributed by atoms with van der Waals surface area (Å²) in [6.45, 7) is 3.39. The summed E-state index contributed by atoms with van der Waals surface area (Å²) in [5.41, 5.74) is 2.03. The van der Waals surface area contributed by atoms with Crippen molar-refractivity contribution in [1.82, 2.24) is 20.5 Å². The third kappa shape index (κ3) is 7.59. The Hall–Kier alpha value is -3.09. The van der Waals surface area contributed by atoms with E-state index in [9.17, 15) is 9.59 Å². The lowest BCUT2D eigenvalue weighted by atomic mass is 10.2. The molecule has 1 aromatic heterocycles. The number of benzene rings is 1. The first-order valence-corrected chi connectivity index (χ1v) is 11.1. The van der Waals surface area contributed by atoms with Crippen molar-refractivity contribution in [3.8, 4) is 0 Å². The van der Waals surface area contributed by atoms with Crippen molar-refractivity contribution in [3.05, 3.63) is 59.8 Å². The van der Waals surface area contributed by atoms with E-state index in [0.29, 0.717) is 19.6 Å². The molecule has 3 amide bonds. The SMILES string of the molecule is CN(Cc1ccccc1)C(=O)CCNC(=O)NCc1ccc(N2CCCCCC2)nc1. The number of nitrogens with one attached hydrogen (secondary N) is 2. The van der Waals surface area contributed by atoms with E-state index in [2.05, 4.69) is 20.5 Å². The van der Waals surface area contributed by atoms with Gasteiger partial charge in [-0.05, 0) is 30.0 Å². The smallest absolute Gasteiger partial charge is 0.315 e. The third-order valence-electron chi connectivity index (χ3n) is 5.50. The van der Waals surface area contributed by atoms with Crippen LogP contribution < -0.4 is 15.5 Å². The van der Waals surface area contributed by atoms with E-state index in [0.717, 1.165) is 30.0 Å². The van der Waals surface area contributed by atoms with Gasteiger partial charge in [-0.2, -0.15) is 0 Å². The number of urea groups is 1. The third-order valence-corrected chi connectivity index (χ3v) is 5.50. The second-order valence-corrected chi connectivity index (χ2v) is 8.02. The maximum absolute atomic E-state index is 12.2. The van der Waals surface area contributed by atoms with Gasteiger partial charge in [0.25, 0.3) is 0 Å². The van der Waals surface area contributed by atoms with Crippen LogP contribution in [0.5, 0.6) is 0 Å². The maximum Gasteiger partial charge on any atom is 0.315 e. The van der Waals surface area contributed by atoms with Gasteiger partial charge in [0.2, 0.25) is 5.91 Å². The minimum atomic E-state index is -0.282. The molecule has 1 aliphatic heterocycles. The molecule has 0 spiro atoms. The fraction of sp³-hybridized carbons (Fsp3) is 0.458. The number of amides is 3. The van der Waals surface area contributed by atoms with Crippen molar-refractivity contribution in [2.24, 2.45) is 0 Å². The zero-order valence-electron chi connectivity index (χ0n) is 18.3. The summed E-state index contributed by atoms with van der Waals surface area (Å²) >= 11 is 0. The van der Waals surface area contributed by atoms with Crippen molar-refractivity contribution in [2.45, 2.75) is 45.2 Å². The molecular formula is C24H33N5O2. The first kappa shape index (κ1) is 22.6. The fourth-order valence-corrected chi connectivity index (χ4v) is 3.67. The van der Waals surface area contributed by atoms with Gasteiger partial charge in [-0.15, -0.1) is 0 Å². The van der Waals surface area contributed by atoms with Crippen LogP contribution in [-0.2, 0) is 17.9 Å². The topological polar surface area (TPSA) is 77.6 Å². The molecule has 0 radical (unpaired) electrons. The van der Waals surface area contributed by atoms with E-state index < -0.39 is 0 Å². The van der Waals surface area contributed by atoms with Gasteiger partial charge in [-0.3, -0.25) is 4.79 Å². The molecule has 7 heteroatoms. The number of carbonyl (C=O) groups excluding carboxylic acids is 2. The van der Waals surface area contributed by atoms with Crippen LogP contribution in [0.25, 0.3) is 0 Å². The molecule has 1 fully saturated rings. The van der Waals surface area contributed by atoms with Crippen molar-refractivity contribution in [3.63, 3.8) is 0 Å². The Bertz CT molecular complexity index is 818. The summed E-state index contributed by atoms with van der Waals surface area (Å²) < 4.78 is 0. The highest BCUT2D eigenvalue weighted by Crippen LogP contribution is 2.17. The predicted molar refractivity (Wildman–Crippen MR) is 123 cm³/mol. The van der Waals surface area contributed by atoms with Crippen LogP contribution in [-0.4, -0.2) is 48.5 Å². The number of aromatic nitrogens is 1.